The van der Waals surface area contributed by atoms with Crippen LogP contribution >= 0.6 is 0 Å². The van der Waals surface area contributed by atoms with Gasteiger partial charge in [0.25, 0.3) is 5.91 Å². The molecule has 0 bridgehead atoms. The van der Waals surface area contributed by atoms with Crippen molar-refractivity contribution in [3.8, 4) is 17.2 Å². The fraction of sp³-hybridized carbons (Fsp3) is 0.481. The van der Waals surface area contributed by atoms with Crippen LogP contribution in [0, 0.1) is 0 Å². The number of carbonyl (C=O) groups excluding carboxylic acids is 2. The number of hydrazine groups is 1. The van der Waals surface area contributed by atoms with E-state index in [-0.39, 0.29) is 23.2 Å². The average Bonchev–Trinajstić information content (AvgIpc) is 2.77. The first-order chi connectivity index (χ1) is 17.1. The van der Waals surface area contributed by atoms with Crippen LogP contribution in [-0.4, -0.2) is 45.4 Å². The topological polar surface area (TPSA) is 97.3 Å². The van der Waals surface area contributed by atoms with Gasteiger partial charge in [-0.25, -0.2) is 10.2 Å². The molecule has 0 heterocycles. The molecule has 0 aliphatic carbocycles. The molecule has 0 saturated carbocycles. The third-order valence-electron chi connectivity index (χ3n) is 6.31. The number of aryl methyl sites for hydroxylation is 1. The molecule has 0 saturated heterocycles. The summed E-state index contributed by atoms with van der Waals surface area (Å²) in [4.78, 5) is 23.9. The lowest BCUT2D eigenvalue weighted by atomic mass is 10.1. The fourth-order valence-electron chi connectivity index (χ4n) is 2.87. The van der Waals surface area contributed by atoms with Crippen LogP contribution in [0.2, 0.25) is 43.8 Å². The van der Waals surface area contributed by atoms with E-state index in [1.807, 2.05) is 54.0 Å². The minimum absolute atomic E-state index is 0.0155. The minimum Gasteiger partial charge on any atom is -0.543 e. The largest absolute Gasteiger partial charge is 0.543 e. The lowest BCUT2D eigenvalue weighted by Crippen LogP contribution is -2.44. The first-order valence-corrected chi connectivity index (χ1v) is 19.2. The van der Waals surface area contributed by atoms with Crippen LogP contribution in [0.3, 0.4) is 0 Å². The number of nitrogens with zero attached hydrogens (tertiary/aromatic N) is 1. The molecule has 2 aromatic carbocycles. The molecule has 204 valence electrons. The smallest absolute Gasteiger partial charge is 0.428 e. The van der Waals surface area contributed by atoms with Crippen LogP contribution in [0.15, 0.2) is 48.5 Å². The fourth-order valence-corrected chi connectivity index (χ4v) is 4.62. The van der Waals surface area contributed by atoms with Crippen molar-refractivity contribution in [1.82, 2.24) is 10.6 Å². The maximum atomic E-state index is 12.1. The van der Waals surface area contributed by atoms with Gasteiger partial charge in [-0.15, -0.1) is 5.17 Å². The highest BCUT2D eigenvalue weighted by atomic mass is 28.4. The predicted molar refractivity (Wildman–Crippen MR) is 150 cm³/mol. The Morgan fingerprint density at radius 3 is 1.92 bits per heavy atom. The molecule has 0 aliphatic rings. The molecule has 0 aromatic heterocycles. The Hall–Kier alpha value is -2.83. The number of amides is 2. The summed E-state index contributed by atoms with van der Waals surface area (Å²) >= 11 is 0. The Kier molecular flexibility index (Phi) is 10.4. The van der Waals surface area contributed by atoms with Gasteiger partial charge in [0.15, 0.2) is 0 Å². The number of carbonyl (C=O) groups is 2. The Bertz CT molecular complexity index is 1030. The SMILES string of the molecule is CC(C)(C)[Si](C)(C)Oc1ccc(Oc2ccc(CCC(=O)N(O)NC(=O)OCC[Si](C)(C)C)cc2)cc1. The van der Waals surface area contributed by atoms with Crippen LogP contribution in [0.1, 0.15) is 32.8 Å². The molecule has 10 heteroatoms. The molecule has 2 N–H and O–H groups in total. The molecule has 2 amide bonds. The van der Waals surface area contributed by atoms with Gasteiger partial charge in [-0.3, -0.25) is 10.0 Å². The summed E-state index contributed by atoms with van der Waals surface area (Å²) in [7, 11) is -3.24. The van der Waals surface area contributed by atoms with Crippen molar-refractivity contribution in [2.75, 3.05) is 6.61 Å². The normalized spacial score (nSPS) is 12.0. The Labute approximate surface area is 223 Å². The van der Waals surface area contributed by atoms with Gasteiger partial charge < -0.3 is 13.9 Å². The zero-order valence-corrected chi connectivity index (χ0v) is 25.4. The van der Waals surface area contributed by atoms with Gasteiger partial charge in [0.1, 0.15) is 17.2 Å². The van der Waals surface area contributed by atoms with E-state index in [0.717, 1.165) is 17.4 Å². The quantitative estimate of drug-likeness (QED) is 0.189. The zero-order valence-electron chi connectivity index (χ0n) is 23.4. The van der Waals surface area contributed by atoms with Crippen LogP contribution < -0.4 is 14.6 Å². The van der Waals surface area contributed by atoms with Crippen molar-refractivity contribution >= 4 is 28.4 Å². The van der Waals surface area contributed by atoms with Gasteiger partial charge >= 0.3 is 6.09 Å². The lowest BCUT2D eigenvalue weighted by molar-refractivity contribution is -0.176. The number of benzene rings is 2. The maximum Gasteiger partial charge on any atom is 0.428 e. The molecule has 0 radical (unpaired) electrons. The number of hydroxylamine groups is 1. The number of ether oxygens (including phenoxy) is 2. The summed E-state index contributed by atoms with van der Waals surface area (Å²) in [5.74, 6) is 1.57. The summed E-state index contributed by atoms with van der Waals surface area (Å²) in [6.45, 7) is 17.8. The van der Waals surface area contributed by atoms with E-state index < -0.39 is 28.4 Å². The second-order valence-corrected chi connectivity index (χ2v) is 22.2. The van der Waals surface area contributed by atoms with Gasteiger partial charge in [-0.1, -0.05) is 52.5 Å². The molecular formula is C27H42N2O6Si2. The molecule has 2 aromatic rings. The van der Waals surface area contributed by atoms with Crippen LogP contribution in [0.25, 0.3) is 0 Å². The van der Waals surface area contributed by atoms with Crippen LogP contribution in [0.5, 0.6) is 17.2 Å². The molecule has 2 rings (SSSR count). The van der Waals surface area contributed by atoms with Crippen molar-refractivity contribution in [3.63, 3.8) is 0 Å². The highest BCUT2D eigenvalue weighted by molar-refractivity contribution is 6.76. The van der Waals surface area contributed by atoms with Crippen LogP contribution in [0.4, 0.5) is 4.79 Å². The zero-order chi connectivity index (χ0) is 27.9. The van der Waals surface area contributed by atoms with Crippen molar-refractivity contribution in [3.05, 3.63) is 54.1 Å². The van der Waals surface area contributed by atoms with Crippen LogP contribution in [-0.2, 0) is 16.0 Å². The molecule has 8 nitrogen and oxygen atoms in total. The van der Waals surface area contributed by atoms with Crippen molar-refractivity contribution < 1.29 is 28.7 Å². The number of hydrogen-bond donors (Lipinski definition) is 2. The molecule has 0 unspecified atom stereocenters. The summed E-state index contributed by atoms with van der Waals surface area (Å²) in [5, 5.41) is 10.1. The third-order valence-corrected chi connectivity index (χ3v) is 12.4. The molecule has 0 atom stereocenters. The van der Waals surface area contributed by atoms with Gasteiger partial charge in [-0.05, 0) is 72.6 Å². The summed E-state index contributed by atoms with van der Waals surface area (Å²) in [6.07, 6.45) is -0.445. The van der Waals surface area contributed by atoms with E-state index in [1.165, 1.54) is 0 Å². The van der Waals surface area contributed by atoms with Gasteiger partial charge in [0.2, 0.25) is 8.32 Å². The van der Waals surface area contributed by atoms with E-state index in [9.17, 15) is 14.8 Å². The van der Waals surface area contributed by atoms with E-state index in [1.54, 1.807) is 0 Å². The van der Waals surface area contributed by atoms with E-state index >= 15 is 0 Å². The van der Waals surface area contributed by atoms with Crippen molar-refractivity contribution in [1.29, 1.82) is 0 Å². The summed E-state index contributed by atoms with van der Waals surface area (Å²) < 4.78 is 17.3. The van der Waals surface area contributed by atoms with Crippen molar-refractivity contribution in [2.45, 2.75) is 77.4 Å². The maximum absolute atomic E-state index is 12.1. The van der Waals surface area contributed by atoms with E-state index in [4.69, 9.17) is 13.9 Å². The predicted octanol–water partition coefficient (Wildman–Crippen LogP) is 6.99. The highest BCUT2D eigenvalue weighted by Crippen LogP contribution is 2.37. The first kappa shape index (κ1) is 30.4. The summed E-state index contributed by atoms with van der Waals surface area (Å²) in [5.41, 5.74) is 2.92. The monoisotopic (exact) mass is 546 g/mol. The molecule has 37 heavy (non-hydrogen) atoms. The lowest BCUT2D eigenvalue weighted by Gasteiger charge is -2.36. The molecule has 0 fully saturated rings. The second kappa shape index (κ2) is 12.6. The van der Waals surface area contributed by atoms with Gasteiger partial charge in [-0.2, -0.15) is 0 Å². The summed E-state index contributed by atoms with van der Waals surface area (Å²) in [6, 6.07) is 15.8. The Morgan fingerprint density at radius 1 is 0.892 bits per heavy atom. The number of rotatable bonds is 10. The molecular weight excluding hydrogens is 504 g/mol. The number of hydrogen-bond acceptors (Lipinski definition) is 6. The Balaban J connectivity index is 1.80. The third kappa shape index (κ3) is 10.6. The van der Waals surface area contributed by atoms with Crippen molar-refractivity contribution in [2.24, 2.45) is 0 Å². The highest BCUT2D eigenvalue weighted by Gasteiger charge is 2.38. The van der Waals surface area contributed by atoms with Gasteiger partial charge in [0.05, 0.1) is 6.61 Å². The molecule has 0 aliphatic heterocycles. The second-order valence-electron chi connectivity index (χ2n) is 11.8. The Morgan fingerprint density at radius 2 is 1.41 bits per heavy atom. The van der Waals surface area contributed by atoms with E-state index in [2.05, 4.69) is 53.5 Å². The standard InChI is InChI=1S/C27H42N2O6Si2/c1-27(2,3)37(7,8)35-24-16-14-23(15-17-24)34-22-12-9-21(10-13-22)11-18-25(30)29(32)28-26(31)33-19-20-36(4,5)6/h9-10,12-17,32H,11,18-20H2,1-8H3,(H,28,31). The number of nitrogens with one attached hydrogen (secondary N) is 1. The molecule has 0 spiro atoms. The first-order valence-electron chi connectivity index (χ1n) is 12.6. The average molecular weight is 547 g/mol. The van der Waals surface area contributed by atoms with Gasteiger partial charge in [0, 0.05) is 14.5 Å². The van der Waals surface area contributed by atoms with E-state index in [0.29, 0.717) is 17.9 Å². The minimum atomic E-state index is -1.90.